The van der Waals surface area contributed by atoms with Crippen LogP contribution in [0, 0.1) is 6.92 Å². The van der Waals surface area contributed by atoms with Crippen molar-refractivity contribution in [3.8, 4) is 11.5 Å². The summed E-state index contributed by atoms with van der Waals surface area (Å²) in [5, 5.41) is -0.123. The molecule has 6 atom stereocenters. The van der Waals surface area contributed by atoms with Crippen molar-refractivity contribution in [1.29, 1.82) is 0 Å². The Labute approximate surface area is 346 Å². The Bertz CT molecular complexity index is 2390. The summed E-state index contributed by atoms with van der Waals surface area (Å²) in [5.41, 5.74) is -0.211. The second-order valence-corrected chi connectivity index (χ2v) is 20.4. The van der Waals surface area contributed by atoms with Crippen molar-refractivity contribution < 1.29 is 28.0 Å². The number of aromatic nitrogens is 2. The fraction of sp³-hybridized carbons (Fsp3) is 0.244. The number of hydrogen-bond acceptors (Lipinski definition) is 10. The predicted molar refractivity (Wildman–Crippen MR) is 229 cm³/mol. The smallest absolute Gasteiger partial charge is 0.330 e. The first-order valence-electron chi connectivity index (χ1n) is 18.9. The number of nitrogens with one attached hydrogen (secondary N) is 1. The number of nitrogens with zero attached hydrogens (tertiary/aromatic N) is 1. The Morgan fingerprint density at radius 1 is 0.776 bits per heavy atom. The molecule has 2 aliphatic rings. The highest BCUT2D eigenvalue weighted by atomic mass is 32.9. The number of H-pyrrole nitrogens is 1. The minimum absolute atomic E-state index is 0.0232. The molecule has 3 heterocycles. The Balaban J connectivity index is 1.19. The Hall–Kier alpha value is -4.78. The van der Waals surface area contributed by atoms with Gasteiger partial charge in [0.15, 0.2) is 0 Å². The summed E-state index contributed by atoms with van der Waals surface area (Å²) in [6.07, 6.45) is -0.763. The zero-order valence-corrected chi connectivity index (χ0v) is 34.7. The molecule has 0 amide bonds. The van der Waals surface area contributed by atoms with Gasteiger partial charge in [-0.2, -0.15) is 0 Å². The zero-order valence-electron chi connectivity index (χ0n) is 32.1. The first kappa shape index (κ1) is 40.0. The Kier molecular flexibility index (Phi) is 11.9. The highest BCUT2D eigenvalue weighted by Crippen LogP contribution is 2.77. The largest absolute Gasteiger partial charge is 0.497 e. The maximum absolute atomic E-state index is 13.3. The minimum Gasteiger partial charge on any atom is -0.497 e. The van der Waals surface area contributed by atoms with Crippen LogP contribution in [-0.4, -0.2) is 42.6 Å². The van der Waals surface area contributed by atoms with E-state index in [-0.39, 0.29) is 24.4 Å². The van der Waals surface area contributed by atoms with Crippen LogP contribution in [0.1, 0.15) is 57.4 Å². The van der Waals surface area contributed by atoms with Crippen LogP contribution in [0.25, 0.3) is 0 Å². The third kappa shape index (κ3) is 8.11. The molecular formula is C45H43N2O8PS2. The van der Waals surface area contributed by atoms with Crippen molar-refractivity contribution in [2.75, 3.05) is 20.8 Å². The summed E-state index contributed by atoms with van der Waals surface area (Å²) in [6, 6.07) is 45.8. The third-order valence-corrected chi connectivity index (χ3v) is 15.8. The SMILES string of the molecule is COc1ccc(C(OC[C@H]2O[C@@H](n3cc(C)c(=O)[nH]c3=O)C[C@@H]2OP2(=S)O[C@H](c3ccccc3)[C@H](c3ccccc3)S2)(c2ccccc2)c2ccc(OC)cc2)cc1. The van der Waals surface area contributed by atoms with E-state index in [1.165, 1.54) is 22.1 Å². The lowest BCUT2D eigenvalue weighted by Crippen LogP contribution is -2.38. The van der Waals surface area contributed by atoms with Gasteiger partial charge in [0.05, 0.1) is 32.2 Å². The number of benzene rings is 5. The molecule has 1 aromatic heterocycles. The van der Waals surface area contributed by atoms with Gasteiger partial charge in [0.1, 0.15) is 35.5 Å². The lowest BCUT2D eigenvalue weighted by atomic mass is 9.80. The monoisotopic (exact) mass is 834 g/mol. The van der Waals surface area contributed by atoms with Crippen molar-refractivity contribution in [2.24, 2.45) is 0 Å². The van der Waals surface area contributed by atoms with E-state index >= 15 is 0 Å². The van der Waals surface area contributed by atoms with Gasteiger partial charge < -0.3 is 28.0 Å². The van der Waals surface area contributed by atoms with Gasteiger partial charge in [-0.15, -0.1) is 0 Å². The van der Waals surface area contributed by atoms with Gasteiger partial charge in [-0.25, -0.2) is 4.79 Å². The molecule has 0 saturated carbocycles. The number of rotatable bonds is 13. The minimum atomic E-state index is -3.06. The van der Waals surface area contributed by atoms with Gasteiger partial charge in [0.25, 0.3) is 5.56 Å². The summed E-state index contributed by atoms with van der Waals surface area (Å²) in [6.45, 7) is 1.67. The third-order valence-electron chi connectivity index (χ3n) is 10.6. The van der Waals surface area contributed by atoms with Crippen LogP contribution in [-0.2, 0) is 35.9 Å². The topological polar surface area (TPSA) is 110 Å². The number of hydrogen-bond donors (Lipinski definition) is 1. The fourth-order valence-electron chi connectivity index (χ4n) is 7.60. The van der Waals surface area contributed by atoms with E-state index in [0.717, 1.165) is 27.8 Å². The molecule has 2 fully saturated rings. The maximum atomic E-state index is 13.3. The van der Waals surface area contributed by atoms with E-state index in [2.05, 4.69) is 17.1 Å². The lowest BCUT2D eigenvalue weighted by Gasteiger charge is -2.37. The number of methoxy groups -OCH3 is 2. The quantitative estimate of drug-likeness (QED) is 0.0895. The van der Waals surface area contributed by atoms with E-state index in [0.29, 0.717) is 17.1 Å². The fourth-order valence-corrected chi connectivity index (χ4v) is 13.7. The average Bonchev–Trinajstić information content (AvgIpc) is 3.83. The highest BCUT2D eigenvalue weighted by Gasteiger charge is 2.49. The van der Waals surface area contributed by atoms with Crippen LogP contribution in [0.3, 0.4) is 0 Å². The summed E-state index contributed by atoms with van der Waals surface area (Å²) < 4.78 is 40.4. The average molecular weight is 835 g/mol. The molecule has 13 heteroatoms. The van der Waals surface area contributed by atoms with Crippen molar-refractivity contribution in [3.63, 3.8) is 0 Å². The molecule has 298 valence electrons. The van der Waals surface area contributed by atoms with Crippen LogP contribution in [0.5, 0.6) is 11.5 Å². The maximum Gasteiger partial charge on any atom is 0.330 e. The van der Waals surface area contributed by atoms with Crippen LogP contribution in [0.2, 0.25) is 0 Å². The number of aromatic amines is 1. The standard InChI is InChI=1S/C45H43N2O8PS2/c1-30-28-47(44(49)46-43(30)48)40-27-38(54-56(57)55-41(31-13-7-4-8-14-31)42(58-56)32-15-9-5-10-16-32)39(53-40)29-52-45(33-17-11-6-12-18-33,34-19-23-36(50-2)24-20-34)35-21-25-37(51-3)26-22-35/h4-26,28,38-42H,27,29H2,1-3H3,(H,46,48,49)/t38-,39+,40+,41+,42-,56?/m0/s1. The van der Waals surface area contributed by atoms with Crippen LogP contribution in [0.4, 0.5) is 0 Å². The van der Waals surface area contributed by atoms with E-state index in [1.54, 1.807) is 21.1 Å². The van der Waals surface area contributed by atoms with Crippen LogP contribution in [0.15, 0.2) is 155 Å². The van der Waals surface area contributed by atoms with E-state index in [4.69, 9.17) is 39.8 Å². The summed E-state index contributed by atoms with van der Waals surface area (Å²) in [4.78, 5) is 28.1. The molecule has 6 aromatic rings. The van der Waals surface area contributed by atoms with Gasteiger partial charge in [0.2, 0.25) is 5.69 Å². The molecule has 0 spiro atoms. The summed E-state index contributed by atoms with van der Waals surface area (Å²) in [7, 11) is 3.27. The highest BCUT2D eigenvalue weighted by molar-refractivity contribution is 8.68. The first-order chi connectivity index (χ1) is 28.2. The Morgan fingerprint density at radius 2 is 1.31 bits per heavy atom. The van der Waals surface area contributed by atoms with Crippen molar-refractivity contribution in [3.05, 3.63) is 200 Å². The van der Waals surface area contributed by atoms with Crippen molar-refractivity contribution >= 4 is 28.9 Å². The Morgan fingerprint density at radius 3 is 1.88 bits per heavy atom. The summed E-state index contributed by atoms with van der Waals surface area (Å²) >= 11 is 7.89. The van der Waals surface area contributed by atoms with Crippen LogP contribution >= 0.6 is 17.1 Å². The van der Waals surface area contributed by atoms with Crippen LogP contribution < -0.4 is 20.7 Å². The number of ether oxygens (including phenoxy) is 4. The molecule has 0 aliphatic carbocycles. The molecule has 0 bridgehead atoms. The van der Waals surface area contributed by atoms with Crippen molar-refractivity contribution in [1.82, 2.24) is 9.55 Å². The molecule has 10 nitrogen and oxygen atoms in total. The van der Waals surface area contributed by atoms with Gasteiger partial charge in [0, 0.05) is 18.2 Å². The molecule has 8 rings (SSSR count). The number of aryl methyl sites for hydroxylation is 1. The lowest BCUT2D eigenvalue weighted by molar-refractivity contribution is -0.0916. The first-order valence-corrected chi connectivity index (χ1v) is 23.0. The molecule has 1 unspecified atom stereocenters. The van der Waals surface area contributed by atoms with E-state index in [1.807, 2.05) is 127 Å². The molecule has 2 aliphatic heterocycles. The molecule has 5 aromatic carbocycles. The van der Waals surface area contributed by atoms with Gasteiger partial charge >= 0.3 is 5.69 Å². The van der Waals surface area contributed by atoms with Gasteiger partial charge in [-0.3, -0.25) is 14.3 Å². The molecule has 2 saturated heterocycles. The molecular weight excluding hydrogens is 792 g/mol. The second-order valence-electron chi connectivity index (χ2n) is 14.1. The predicted octanol–water partition coefficient (Wildman–Crippen LogP) is 9.01. The van der Waals surface area contributed by atoms with E-state index < -0.39 is 41.0 Å². The second kappa shape index (κ2) is 17.2. The molecule has 0 radical (unpaired) electrons. The van der Waals surface area contributed by atoms with Gasteiger partial charge in [-0.05, 0) is 70.8 Å². The van der Waals surface area contributed by atoms with Gasteiger partial charge in [-0.1, -0.05) is 127 Å². The molecule has 1 N–H and O–H groups in total. The van der Waals surface area contributed by atoms with Crippen molar-refractivity contribution in [2.45, 2.75) is 48.7 Å². The zero-order chi connectivity index (χ0) is 40.3. The normalized spacial score (nSPS) is 23.1. The molecule has 58 heavy (non-hydrogen) atoms. The van der Waals surface area contributed by atoms with E-state index in [9.17, 15) is 9.59 Å². The summed E-state index contributed by atoms with van der Waals surface area (Å²) in [5.74, 6) is 1.41.